The summed E-state index contributed by atoms with van der Waals surface area (Å²) in [4.78, 5) is 29.8. The van der Waals surface area contributed by atoms with E-state index in [9.17, 15) is 19.1 Å². The summed E-state index contributed by atoms with van der Waals surface area (Å²) in [5.74, 6) is -0.751. The first kappa shape index (κ1) is 18.9. The van der Waals surface area contributed by atoms with Crippen molar-refractivity contribution in [1.82, 2.24) is 15.3 Å². The second-order valence-electron chi connectivity index (χ2n) is 6.98. The quantitative estimate of drug-likeness (QED) is 0.737. The van der Waals surface area contributed by atoms with Crippen molar-refractivity contribution in [2.75, 3.05) is 19.6 Å². The zero-order valence-electron chi connectivity index (χ0n) is 15.2. The van der Waals surface area contributed by atoms with Gasteiger partial charge in [-0.3, -0.25) is 9.80 Å². The summed E-state index contributed by atoms with van der Waals surface area (Å²) in [5.41, 5.74) is 4.47. The van der Waals surface area contributed by atoms with Gasteiger partial charge in [0.05, 0.1) is 10.9 Å². The molecule has 0 spiro atoms. The van der Waals surface area contributed by atoms with Crippen molar-refractivity contribution < 1.29 is 19.1 Å². The number of rotatable bonds is 2. The Morgan fingerprint density at radius 2 is 2.18 bits per heavy atom. The van der Waals surface area contributed by atoms with Crippen molar-refractivity contribution in [3.63, 3.8) is 0 Å². The van der Waals surface area contributed by atoms with E-state index in [4.69, 9.17) is 0 Å². The van der Waals surface area contributed by atoms with E-state index in [1.165, 1.54) is 28.8 Å². The van der Waals surface area contributed by atoms with Crippen molar-refractivity contribution in [2.24, 2.45) is 4.99 Å². The molecule has 1 aromatic rings. The zero-order valence-corrected chi connectivity index (χ0v) is 16.0. The number of benzene rings is 1. The molecule has 28 heavy (non-hydrogen) atoms. The monoisotopic (exact) mass is 404 g/mol. The fraction of sp³-hybridized carbons (Fsp3) is 0.421. The van der Waals surface area contributed by atoms with Gasteiger partial charge in [-0.2, -0.15) is 4.99 Å². The summed E-state index contributed by atoms with van der Waals surface area (Å²) < 4.78 is 13.9. The number of carbonyl (C=O) groups is 2. The molecule has 3 heterocycles. The molecule has 0 bridgehead atoms. The van der Waals surface area contributed by atoms with Gasteiger partial charge in [-0.15, -0.1) is 0 Å². The van der Waals surface area contributed by atoms with Crippen LogP contribution in [0.5, 0.6) is 0 Å². The van der Waals surface area contributed by atoms with Gasteiger partial charge in [0.2, 0.25) is 0 Å². The lowest BCUT2D eigenvalue weighted by molar-refractivity contribution is -0.113. The van der Waals surface area contributed by atoms with Crippen LogP contribution in [-0.4, -0.2) is 51.8 Å². The van der Waals surface area contributed by atoms with Crippen LogP contribution >= 0.6 is 11.8 Å². The van der Waals surface area contributed by atoms with Crippen molar-refractivity contribution in [1.29, 1.82) is 0 Å². The van der Waals surface area contributed by atoms with E-state index in [0.717, 1.165) is 32.4 Å². The van der Waals surface area contributed by atoms with Gasteiger partial charge in [0.1, 0.15) is 5.82 Å². The maximum absolute atomic E-state index is 13.9. The lowest BCUT2D eigenvalue weighted by atomic mass is 9.97. The SMILES string of the molecule is O=C1N=C(N2CCCCN2)S/C1=C/c1ccc(F)cc1C1CCCN1C(=O)O. The van der Waals surface area contributed by atoms with Gasteiger partial charge in [-0.05, 0) is 66.8 Å². The van der Waals surface area contributed by atoms with Crippen LogP contribution in [0.2, 0.25) is 0 Å². The number of amidine groups is 1. The van der Waals surface area contributed by atoms with Crippen molar-refractivity contribution >= 4 is 35.0 Å². The van der Waals surface area contributed by atoms with Gasteiger partial charge in [0.15, 0.2) is 5.17 Å². The average Bonchev–Trinajstić information content (AvgIpc) is 3.31. The van der Waals surface area contributed by atoms with Crippen LogP contribution in [0.4, 0.5) is 9.18 Å². The number of amides is 2. The predicted molar refractivity (Wildman–Crippen MR) is 105 cm³/mol. The van der Waals surface area contributed by atoms with Crippen LogP contribution in [0.15, 0.2) is 28.1 Å². The largest absolute Gasteiger partial charge is 0.465 e. The Labute approximate surface area is 166 Å². The van der Waals surface area contributed by atoms with E-state index < -0.39 is 18.0 Å². The van der Waals surface area contributed by atoms with E-state index >= 15 is 0 Å². The summed E-state index contributed by atoms with van der Waals surface area (Å²) in [6.45, 7) is 2.07. The highest BCUT2D eigenvalue weighted by molar-refractivity contribution is 8.18. The topological polar surface area (TPSA) is 85.2 Å². The van der Waals surface area contributed by atoms with Gasteiger partial charge in [0, 0.05) is 19.6 Å². The molecular formula is C19H21FN4O3S. The van der Waals surface area contributed by atoms with Gasteiger partial charge >= 0.3 is 6.09 Å². The first-order chi connectivity index (χ1) is 13.5. The minimum atomic E-state index is -1.02. The minimum absolute atomic E-state index is 0.329. The molecule has 2 fully saturated rings. The fourth-order valence-electron chi connectivity index (χ4n) is 3.79. The molecule has 1 unspecified atom stereocenters. The zero-order chi connectivity index (χ0) is 19.7. The molecule has 2 N–H and O–H groups in total. The number of likely N-dealkylation sites (tertiary alicyclic amines) is 1. The lowest BCUT2D eigenvalue weighted by Crippen LogP contribution is -2.45. The molecule has 0 saturated carbocycles. The molecule has 1 atom stereocenters. The summed E-state index contributed by atoms with van der Waals surface area (Å²) >= 11 is 1.28. The Morgan fingerprint density at radius 1 is 1.32 bits per heavy atom. The maximum Gasteiger partial charge on any atom is 0.407 e. The first-order valence-electron chi connectivity index (χ1n) is 9.35. The molecule has 0 aliphatic carbocycles. The molecule has 4 rings (SSSR count). The lowest BCUT2D eigenvalue weighted by Gasteiger charge is -2.28. The summed E-state index contributed by atoms with van der Waals surface area (Å²) in [5, 5.41) is 11.9. The van der Waals surface area contributed by atoms with Crippen LogP contribution in [0, 0.1) is 5.82 Å². The number of aliphatic imine (C=N–C) groups is 1. The number of carbonyl (C=O) groups excluding carboxylic acids is 1. The highest BCUT2D eigenvalue weighted by atomic mass is 32.2. The molecule has 3 aliphatic heterocycles. The van der Waals surface area contributed by atoms with E-state index in [1.54, 1.807) is 12.1 Å². The van der Waals surface area contributed by atoms with Crippen LogP contribution in [-0.2, 0) is 4.79 Å². The molecule has 3 aliphatic rings. The van der Waals surface area contributed by atoms with Crippen molar-refractivity contribution in [3.8, 4) is 0 Å². The number of halogens is 1. The second kappa shape index (κ2) is 7.92. The maximum atomic E-state index is 13.9. The summed E-state index contributed by atoms with van der Waals surface area (Å²) in [6, 6.07) is 3.89. The van der Waals surface area contributed by atoms with Gasteiger partial charge in [0.25, 0.3) is 5.91 Å². The molecule has 2 saturated heterocycles. The van der Waals surface area contributed by atoms with E-state index in [0.29, 0.717) is 34.2 Å². The highest BCUT2D eigenvalue weighted by Gasteiger charge is 2.32. The molecule has 148 valence electrons. The van der Waals surface area contributed by atoms with Crippen molar-refractivity contribution in [3.05, 3.63) is 40.0 Å². The van der Waals surface area contributed by atoms with Crippen LogP contribution in [0.1, 0.15) is 42.9 Å². The average molecular weight is 404 g/mol. The third-order valence-corrected chi connectivity index (χ3v) is 6.15. The Bertz CT molecular complexity index is 867. The first-order valence-corrected chi connectivity index (χ1v) is 10.2. The van der Waals surface area contributed by atoms with Crippen molar-refractivity contribution in [2.45, 2.75) is 31.7 Å². The second-order valence-corrected chi connectivity index (χ2v) is 7.99. The molecule has 1 aromatic carbocycles. The van der Waals surface area contributed by atoms with Gasteiger partial charge in [-0.25, -0.2) is 14.6 Å². The van der Waals surface area contributed by atoms with Crippen LogP contribution < -0.4 is 5.43 Å². The Kier molecular flexibility index (Phi) is 5.36. The predicted octanol–water partition coefficient (Wildman–Crippen LogP) is 3.21. The smallest absolute Gasteiger partial charge is 0.407 e. The molecule has 2 amide bonds. The molecule has 9 heteroatoms. The molecule has 0 radical (unpaired) electrons. The number of hydrogen-bond acceptors (Lipinski definition) is 5. The third kappa shape index (κ3) is 3.77. The van der Waals surface area contributed by atoms with E-state index in [1.807, 2.05) is 5.01 Å². The van der Waals surface area contributed by atoms with Gasteiger partial charge in [-0.1, -0.05) is 6.07 Å². The van der Waals surface area contributed by atoms with Crippen LogP contribution in [0.3, 0.4) is 0 Å². The van der Waals surface area contributed by atoms with Crippen LogP contribution in [0.25, 0.3) is 6.08 Å². The number of carboxylic acid groups (broad SMARTS) is 1. The summed E-state index contributed by atoms with van der Waals surface area (Å²) in [7, 11) is 0. The number of hydrazine groups is 1. The number of nitrogens with one attached hydrogen (secondary N) is 1. The Balaban J connectivity index is 1.61. The number of thioether (sulfide) groups is 1. The Hall–Kier alpha value is -2.39. The molecule has 7 nitrogen and oxygen atoms in total. The fourth-order valence-corrected chi connectivity index (χ4v) is 4.70. The minimum Gasteiger partial charge on any atom is -0.465 e. The summed E-state index contributed by atoms with van der Waals surface area (Å²) in [6.07, 6.45) is 4.16. The number of nitrogens with zero attached hydrogens (tertiary/aromatic N) is 3. The standard InChI is InChI=1S/C19H21FN4O3S/c20-13-6-5-12(14(11-13)15-4-3-8-23(15)19(26)27)10-16-17(25)22-18(28-16)24-9-2-1-7-21-24/h5-6,10-11,15,21H,1-4,7-9H2,(H,26,27)/b16-10+. The third-order valence-electron chi connectivity index (χ3n) is 5.14. The highest BCUT2D eigenvalue weighted by Crippen LogP contribution is 2.37. The number of hydrogen-bond donors (Lipinski definition) is 2. The Morgan fingerprint density at radius 3 is 2.93 bits per heavy atom. The van der Waals surface area contributed by atoms with Gasteiger partial charge < -0.3 is 10.0 Å². The van der Waals surface area contributed by atoms with E-state index in [2.05, 4.69) is 10.4 Å². The molecular weight excluding hydrogens is 383 g/mol. The van der Waals surface area contributed by atoms with E-state index in [-0.39, 0.29) is 5.91 Å². The molecule has 0 aromatic heterocycles. The normalized spacial score (nSPS) is 24.2.